The molecule has 2 aromatic carbocycles. The summed E-state index contributed by atoms with van der Waals surface area (Å²) < 4.78 is 13.1. The quantitative estimate of drug-likeness (QED) is 0.440. The topological polar surface area (TPSA) is 79.6 Å². The molecule has 1 aliphatic heterocycles. The number of hydrogen-bond acceptors (Lipinski definition) is 6. The lowest BCUT2D eigenvalue weighted by Gasteiger charge is -2.34. The maximum absolute atomic E-state index is 13.1. The highest BCUT2D eigenvalue weighted by Gasteiger charge is 2.24. The van der Waals surface area contributed by atoms with E-state index in [1.165, 1.54) is 18.2 Å². The van der Waals surface area contributed by atoms with Crippen LogP contribution >= 0.6 is 11.3 Å². The van der Waals surface area contributed by atoms with E-state index in [0.29, 0.717) is 43.9 Å². The Morgan fingerprint density at radius 2 is 1.87 bits per heavy atom. The molecule has 1 aromatic heterocycles. The molecule has 7 nitrogen and oxygen atoms in total. The highest BCUT2D eigenvalue weighted by atomic mass is 32.1. The van der Waals surface area contributed by atoms with Crippen molar-refractivity contribution in [1.82, 2.24) is 14.8 Å². The Balaban J connectivity index is 1.35. The van der Waals surface area contributed by atoms with Gasteiger partial charge in [0.15, 0.2) is 0 Å². The molecular weight excluding hydrogens is 419 g/mol. The minimum absolute atomic E-state index is 0.0368. The zero-order chi connectivity index (χ0) is 22.0. The first kappa shape index (κ1) is 21.1. The van der Waals surface area contributed by atoms with Gasteiger partial charge in [-0.2, -0.15) is 0 Å². The summed E-state index contributed by atoms with van der Waals surface area (Å²) in [4.78, 5) is 32.1. The lowest BCUT2D eigenvalue weighted by atomic mass is 10.1. The molecule has 0 saturated carbocycles. The molecule has 1 saturated heterocycles. The van der Waals surface area contributed by atoms with E-state index in [2.05, 4.69) is 9.88 Å². The molecule has 160 valence electrons. The fraction of sp³-hybridized carbons (Fsp3) is 0.273. The van der Waals surface area contributed by atoms with Gasteiger partial charge in [0, 0.05) is 54.3 Å². The molecular formula is C22H21FN4O3S. The predicted molar refractivity (Wildman–Crippen MR) is 117 cm³/mol. The molecule has 4 rings (SSSR count). The van der Waals surface area contributed by atoms with E-state index in [1.807, 2.05) is 5.38 Å². The van der Waals surface area contributed by atoms with E-state index in [1.54, 1.807) is 47.4 Å². The maximum Gasteiger partial charge on any atom is 0.273 e. The van der Waals surface area contributed by atoms with Crippen LogP contribution in [0.2, 0.25) is 0 Å². The van der Waals surface area contributed by atoms with Crippen molar-refractivity contribution >= 4 is 22.9 Å². The van der Waals surface area contributed by atoms with E-state index in [-0.39, 0.29) is 17.4 Å². The van der Waals surface area contributed by atoms with Gasteiger partial charge in [0.1, 0.15) is 10.8 Å². The van der Waals surface area contributed by atoms with Gasteiger partial charge in [0.25, 0.3) is 11.6 Å². The Morgan fingerprint density at radius 1 is 1.16 bits per heavy atom. The summed E-state index contributed by atoms with van der Waals surface area (Å²) in [7, 11) is 0. The first-order valence-corrected chi connectivity index (χ1v) is 10.8. The molecule has 2 heterocycles. The Bertz CT molecular complexity index is 1110. The summed E-state index contributed by atoms with van der Waals surface area (Å²) in [5, 5.41) is 14.1. The average molecular weight is 441 g/mol. The van der Waals surface area contributed by atoms with Gasteiger partial charge in [-0.1, -0.05) is 6.07 Å². The Hall–Kier alpha value is -3.17. The van der Waals surface area contributed by atoms with Crippen LogP contribution in [0.3, 0.4) is 0 Å². The summed E-state index contributed by atoms with van der Waals surface area (Å²) in [5.41, 5.74) is 2.55. The van der Waals surface area contributed by atoms with Crippen molar-refractivity contribution < 1.29 is 14.1 Å². The summed E-state index contributed by atoms with van der Waals surface area (Å²) >= 11 is 1.56. The number of nitro groups is 1. The third-order valence-electron chi connectivity index (χ3n) is 5.36. The number of thiazole rings is 1. The molecule has 1 aliphatic rings. The van der Waals surface area contributed by atoms with Gasteiger partial charge in [-0.25, -0.2) is 9.37 Å². The van der Waals surface area contributed by atoms with Gasteiger partial charge in [0.2, 0.25) is 0 Å². The third kappa shape index (κ3) is 4.78. The first-order chi connectivity index (χ1) is 14.9. The predicted octanol–water partition coefficient (Wildman–Crippen LogP) is 4.12. The molecule has 0 bridgehead atoms. The van der Waals surface area contributed by atoms with Crippen molar-refractivity contribution in [3.8, 4) is 11.3 Å². The van der Waals surface area contributed by atoms with Crippen LogP contribution < -0.4 is 0 Å². The van der Waals surface area contributed by atoms with Gasteiger partial charge < -0.3 is 4.90 Å². The molecule has 0 N–H and O–H groups in total. The number of hydrogen-bond donors (Lipinski definition) is 0. The van der Waals surface area contributed by atoms with E-state index in [4.69, 9.17) is 0 Å². The number of piperazine rings is 1. The standard InChI is InChI=1S/C22H21FN4O3S/c1-15-2-3-17(12-20(15)27(29)30)22(28)26-10-8-25(9-11-26)13-21-24-19(14-31-21)16-4-6-18(23)7-5-16/h2-7,12,14H,8-11,13H2,1H3. The van der Waals surface area contributed by atoms with Crippen molar-refractivity contribution in [2.24, 2.45) is 0 Å². The van der Waals surface area contributed by atoms with Crippen LogP contribution in [0.1, 0.15) is 20.9 Å². The lowest BCUT2D eigenvalue weighted by molar-refractivity contribution is -0.385. The van der Waals surface area contributed by atoms with Crippen molar-refractivity contribution in [2.75, 3.05) is 26.2 Å². The van der Waals surface area contributed by atoms with Crippen LogP contribution in [0.15, 0.2) is 47.8 Å². The van der Waals surface area contributed by atoms with E-state index < -0.39 is 4.92 Å². The lowest BCUT2D eigenvalue weighted by Crippen LogP contribution is -2.48. The number of halogens is 1. The van der Waals surface area contributed by atoms with Crippen LogP contribution in [0.25, 0.3) is 11.3 Å². The summed E-state index contributed by atoms with van der Waals surface area (Å²) in [6.07, 6.45) is 0. The third-order valence-corrected chi connectivity index (χ3v) is 6.20. The van der Waals surface area contributed by atoms with Gasteiger partial charge in [-0.05, 0) is 37.3 Å². The van der Waals surface area contributed by atoms with Gasteiger partial charge >= 0.3 is 0 Å². The van der Waals surface area contributed by atoms with Crippen LogP contribution in [-0.2, 0) is 6.54 Å². The molecule has 1 fully saturated rings. The number of carbonyl (C=O) groups excluding carboxylic acids is 1. The molecule has 0 spiro atoms. The Labute approximate surface area is 182 Å². The second kappa shape index (κ2) is 8.91. The molecule has 0 atom stereocenters. The fourth-order valence-electron chi connectivity index (χ4n) is 3.56. The number of nitro benzene ring substituents is 1. The number of benzene rings is 2. The summed E-state index contributed by atoms with van der Waals surface area (Å²) in [6, 6.07) is 10.9. The maximum atomic E-state index is 13.1. The second-order valence-corrected chi connectivity index (χ2v) is 8.40. The highest BCUT2D eigenvalue weighted by molar-refractivity contribution is 7.09. The fourth-order valence-corrected chi connectivity index (χ4v) is 4.40. The largest absolute Gasteiger partial charge is 0.336 e. The van der Waals surface area contributed by atoms with Crippen molar-refractivity contribution in [3.63, 3.8) is 0 Å². The Kier molecular flexibility index (Phi) is 6.06. The molecule has 31 heavy (non-hydrogen) atoms. The van der Waals surface area contributed by atoms with Crippen molar-refractivity contribution in [3.05, 3.63) is 79.9 Å². The first-order valence-electron chi connectivity index (χ1n) is 9.88. The van der Waals surface area contributed by atoms with Crippen molar-refractivity contribution in [2.45, 2.75) is 13.5 Å². The van der Waals surface area contributed by atoms with Crippen molar-refractivity contribution in [1.29, 1.82) is 0 Å². The van der Waals surface area contributed by atoms with Gasteiger partial charge in [0.05, 0.1) is 17.2 Å². The number of amides is 1. The monoisotopic (exact) mass is 440 g/mol. The molecule has 9 heteroatoms. The van der Waals surface area contributed by atoms with E-state index in [9.17, 15) is 19.3 Å². The van der Waals surface area contributed by atoms with E-state index in [0.717, 1.165) is 16.3 Å². The summed E-state index contributed by atoms with van der Waals surface area (Å²) in [6.45, 7) is 4.85. The van der Waals surface area contributed by atoms with Crippen LogP contribution in [-0.4, -0.2) is 51.8 Å². The second-order valence-electron chi connectivity index (χ2n) is 7.46. The van der Waals surface area contributed by atoms with E-state index >= 15 is 0 Å². The van der Waals surface area contributed by atoms with Gasteiger partial charge in [-0.3, -0.25) is 19.8 Å². The summed E-state index contributed by atoms with van der Waals surface area (Å²) in [5.74, 6) is -0.456. The van der Waals surface area contributed by atoms with Crippen LogP contribution in [0, 0.1) is 22.9 Å². The molecule has 0 unspecified atom stereocenters. The molecule has 1 amide bonds. The SMILES string of the molecule is Cc1ccc(C(=O)N2CCN(Cc3nc(-c4ccc(F)cc4)cs3)CC2)cc1[N+](=O)[O-]. The average Bonchev–Trinajstić information content (AvgIpc) is 3.23. The van der Waals surface area contributed by atoms with Crippen LogP contribution in [0.4, 0.5) is 10.1 Å². The Morgan fingerprint density at radius 3 is 2.55 bits per heavy atom. The number of aromatic nitrogens is 1. The highest BCUT2D eigenvalue weighted by Crippen LogP contribution is 2.24. The normalized spacial score (nSPS) is 14.6. The van der Waals surface area contributed by atoms with Crippen LogP contribution in [0.5, 0.6) is 0 Å². The zero-order valence-corrected chi connectivity index (χ0v) is 17.8. The number of rotatable bonds is 5. The minimum atomic E-state index is -0.460. The minimum Gasteiger partial charge on any atom is -0.336 e. The number of nitrogens with zero attached hydrogens (tertiary/aromatic N) is 4. The molecule has 0 radical (unpaired) electrons. The molecule has 3 aromatic rings. The smallest absolute Gasteiger partial charge is 0.273 e. The molecule has 0 aliphatic carbocycles. The zero-order valence-electron chi connectivity index (χ0n) is 17.0. The van der Waals surface area contributed by atoms with Gasteiger partial charge in [-0.15, -0.1) is 11.3 Å². The number of aryl methyl sites for hydroxylation is 1. The number of carbonyl (C=O) groups is 1.